The molecule has 120 valence electrons. The van der Waals surface area contributed by atoms with E-state index in [1.165, 1.54) is 18.4 Å². The molecule has 1 aliphatic rings. The summed E-state index contributed by atoms with van der Waals surface area (Å²) in [6.45, 7) is 7.64. The molecule has 1 aromatic rings. The zero-order chi connectivity index (χ0) is 14.5. The number of piperidine rings is 1. The largest absolute Gasteiger partial charge is 0.357 e. The van der Waals surface area contributed by atoms with Crippen LogP contribution in [0.2, 0.25) is 0 Å². The molecule has 0 bridgehead atoms. The molecule has 1 saturated heterocycles. The van der Waals surface area contributed by atoms with Crippen molar-refractivity contribution in [3.63, 3.8) is 0 Å². The number of nitrogens with zero attached hydrogens (tertiary/aromatic N) is 3. The van der Waals surface area contributed by atoms with Gasteiger partial charge in [-0.2, -0.15) is 0 Å². The van der Waals surface area contributed by atoms with Gasteiger partial charge in [0.15, 0.2) is 0 Å². The molecule has 0 radical (unpaired) electrons. The minimum Gasteiger partial charge on any atom is -0.357 e. The van der Waals surface area contributed by atoms with Crippen molar-refractivity contribution in [1.82, 2.24) is 15.2 Å². The van der Waals surface area contributed by atoms with Crippen LogP contribution in [-0.4, -0.2) is 49.2 Å². The average molecular weight is 313 g/mol. The Kier molecular flexibility index (Phi) is 7.43. The van der Waals surface area contributed by atoms with E-state index in [1.807, 2.05) is 6.20 Å². The fourth-order valence-corrected chi connectivity index (χ4v) is 2.65. The van der Waals surface area contributed by atoms with Gasteiger partial charge in [0.05, 0.1) is 0 Å². The summed E-state index contributed by atoms with van der Waals surface area (Å²) in [6, 6.07) is 5.52. The summed E-state index contributed by atoms with van der Waals surface area (Å²) >= 11 is 0. The van der Waals surface area contributed by atoms with Crippen LogP contribution < -0.4 is 10.2 Å². The second-order valence-electron chi connectivity index (χ2n) is 6.13. The molecule has 0 amide bonds. The standard InChI is InChI=1S/C16H28N4.ClH/c1-13(2)20(4)16-6-5-14(11-18-16)12-19(3)15-7-9-17-10-8-15;/h5-6,11,13,15,17H,7-10,12H2,1-4H3;1H. The molecular formula is C16H29ClN4. The maximum atomic E-state index is 4.58. The highest BCUT2D eigenvalue weighted by Crippen LogP contribution is 2.16. The van der Waals surface area contributed by atoms with E-state index in [1.54, 1.807) is 0 Å². The van der Waals surface area contributed by atoms with Crippen LogP contribution in [0.1, 0.15) is 32.3 Å². The normalized spacial score (nSPS) is 16.1. The van der Waals surface area contributed by atoms with Crippen LogP contribution in [0, 0.1) is 0 Å². The third-order valence-electron chi connectivity index (χ3n) is 4.31. The van der Waals surface area contributed by atoms with Crippen molar-refractivity contribution < 1.29 is 0 Å². The van der Waals surface area contributed by atoms with Crippen molar-refractivity contribution >= 4 is 18.2 Å². The summed E-state index contributed by atoms with van der Waals surface area (Å²) in [5.74, 6) is 1.05. The number of anilines is 1. The molecule has 0 spiro atoms. The molecule has 4 nitrogen and oxygen atoms in total. The predicted molar refractivity (Wildman–Crippen MR) is 92.4 cm³/mol. The van der Waals surface area contributed by atoms with Crippen LogP contribution in [0.3, 0.4) is 0 Å². The van der Waals surface area contributed by atoms with Gasteiger partial charge in [0.2, 0.25) is 0 Å². The molecule has 5 heteroatoms. The Morgan fingerprint density at radius 1 is 1.24 bits per heavy atom. The minimum atomic E-state index is 0. The third kappa shape index (κ3) is 5.13. The number of nitrogens with one attached hydrogen (secondary N) is 1. The summed E-state index contributed by atoms with van der Waals surface area (Å²) in [7, 11) is 4.32. The van der Waals surface area contributed by atoms with Crippen molar-refractivity contribution in [3.05, 3.63) is 23.9 Å². The van der Waals surface area contributed by atoms with Crippen molar-refractivity contribution in [2.45, 2.75) is 45.3 Å². The first-order chi connectivity index (χ1) is 9.58. The maximum absolute atomic E-state index is 4.58. The zero-order valence-electron chi connectivity index (χ0n) is 13.7. The fourth-order valence-electron chi connectivity index (χ4n) is 2.65. The van der Waals surface area contributed by atoms with Gasteiger partial charge in [-0.25, -0.2) is 4.98 Å². The quantitative estimate of drug-likeness (QED) is 0.905. The van der Waals surface area contributed by atoms with Gasteiger partial charge >= 0.3 is 0 Å². The molecule has 2 rings (SSSR count). The Balaban J connectivity index is 0.00000220. The van der Waals surface area contributed by atoms with Gasteiger partial charge in [-0.15, -0.1) is 12.4 Å². The Morgan fingerprint density at radius 2 is 1.90 bits per heavy atom. The van der Waals surface area contributed by atoms with Gasteiger partial charge in [0, 0.05) is 31.9 Å². The lowest BCUT2D eigenvalue weighted by Gasteiger charge is -2.31. The van der Waals surface area contributed by atoms with E-state index in [9.17, 15) is 0 Å². The molecule has 1 aromatic heterocycles. The second-order valence-corrected chi connectivity index (χ2v) is 6.13. The Bertz CT molecular complexity index is 401. The van der Waals surface area contributed by atoms with E-state index in [-0.39, 0.29) is 12.4 Å². The first-order valence-corrected chi connectivity index (χ1v) is 7.66. The van der Waals surface area contributed by atoms with Crippen LogP contribution in [0.4, 0.5) is 5.82 Å². The van der Waals surface area contributed by atoms with Crippen LogP contribution in [0.25, 0.3) is 0 Å². The molecule has 0 saturated carbocycles. The SMILES string of the molecule is CC(C)N(C)c1ccc(CN(C)C2CCNCC2)cn1.Cl. The number of hydrogen-bond acceptors (Lipinski definition) is 4. The molecule has 0 atom stereocenters. The lowest BCUT2D eigenvalue weighted by molar-refractivity contribution is 0.191. The monoisotopic (exact) mass is 312 g/mol. The highest BCUT2D eigenvalue weighted by molar-refractivity contribution is 5.85. The molecule has 1 fully saturated rings. The summed E-state index contributed by atoms with van der Waals surface area (Å²) in [5, 5.41) is 3.42. The molecule has 0 aliphatic carbocycles. The molecule has 21 heavy (non-hydrogen) atoms. The number of rotatable bonds is 5. The Hall–Kier alpha value is -0.840. The van der Waals surface area contributed by atoms with Gasteiger partial charge < -0.3 is 10.2 Å². The highest BCUT2D eigenvalue weighted by atomic mass is 35.5. The van der Waals surface area contributed by atoms with Gasteiger partial charge in [-0.05, 0) is 58.5 Å². The molecule has 2 heterocycles. The van der Waals surface area contributed by atoms with E-state index >= 15 is 0 Å². The minimum absolute atomic E-state index is 0. The van der Waals surface area contributed by atoms with Crippen LogP contribution >= 0.6 is 12.4 Å². The van der Waals surface area contributed by atoms with Crippen molar-refractivity contribution in [1.29, 1.82) is 0 Å². The lowest BCUT2D eigenvalue weighted by atomic mass is 10.0. The van der Waals surface area contributed by atoms with Gasteiger partial charge in [-0.3, -0.25) is 4.90 Å². The van der Waals surface area contributed by atoms with E-state index in [4.69, 9.17) is 0 Å². The summed E-state index contributed by atoms with van der Waals surface area (Å²) < 4.78 is 0. The predicted octanol–water partition coefficient (Wildman–Crippen LogP) is 2.53. The Labute approximate surface area is 135 Å². The number of pyridine rings is 1. The third-order valence-corrected chi connectivity index (χ3v) is 4.31. The summed E-state index contributed by atoms with van der Waals surface area (Å²) in [5.41, 5.74) is 1.30. The molecule has 1 N–H and O–H groups in total. The highest BCUT2D eigenvalue weighted by Gasteiger charge is 2.17. The first kappa shape index (κ1) is 18.2. The number of hydrogen-bond donors (Lipinski definition) is 1. The first-order valence-electron chi connectivity index (χ1n) is 7.66. The zero-order valence-corrected chi connectivity index (χ0v) is 14.5. The van der Waals surface area contributed by atoms with E-state index in [2.05, 4.69) is 60.2 Å². The van der Waals surface area contributed by atoms with Crippen LogP contribution in [0.15, 0.2) is 18.3 Å². The second kappa shape index (κ2) is 8.57. The van der Waals surface area contributed by atoms with E-state index in [0.717, 1.165) is 25.5 Å². The smallest absolute Gasteiger partial charge is 0.128 e. The maximum Gasteiger partial charge on any atom is 0.128 e. The summed E-state index contributed by atoms with van der Waals surface area (Å²) in [4.78, 5) is 9.24. The molecule has 0 aromatic carbocycles. The lowest BCUT2D eigenvalue weighted by Crippen LogP contribution is -2.40. The van der Waals surface area contributed by atoms with Crippen LogP contribution in [0.5, 0.6) is 0 Å². The fraction of sp³-hybridized carbons (Fsp3) is 0.688. The van der Waals surface area contributed by atoms with Gasteiger partial charge in [-0.1, -0.05) is 6.07 Å². The Morgan fingerprint density at radius 3 is 2.43 bits per heavy atom. The molecule has 1 aliphatic heterocycles. The topological polar surface area (TPSA) is 31.4 Å². The van der Waals surface area contributed by atoms with Gasteiger partial charge in [0.1, 0.15) is 5.82 Å². The van der Waals surface area contributed by atoms with E-state index < -0.39 is 0 Å². The van der Waals surface area contributed by atoms with Gasteiger partial charge in [0.25, 0.3) is 0 Å². The van der Waals surface area contributed by atoms with Crippen molar-refractivity contribution in [2.75, 3.05) is 32.1 Å². The van der Waals surface area contributed by atoms with Crippen molar-refractivity contribution in [3.8, 4) is 0 Å². The van der Waals surface area contributed by atoms with Crippen LogP contribution in [-0.2, 0) is 6.54 Å². The number of halogens is 1. The van der Waals surface area contributed by atoms with E-state index in [0.29, 0.717) is 12.1 Å². The molecule has 0 unspecified atom stereocenters. The molecular weight excluding hydrogens is 284 g/mol. The van der Waals surface area contributed by atoms with Crippen molar-refractivity contribution in [2.24, 2.45) is 0 Å². The number of aromatic nitrogens is 1. The summed E-state index contributed by atoms with van der Waals surface area (Å²) in [6.07, 6.45) is 4.52. The average Bonchev–Trinajstić information content (AvgIpc) is 2.48.